The monoisotopic (exact) mass is 254 g/mol. The van der Waals surface area contributed by atoms with Gasteiger partial charge in [0.25, 0.3) is 0 Å². The highest BCUT2D eigenvalue weighted by Crippen LogP contribution is 2.27. The Balaban J connectivity index is 1.58. The molecule has 0 aromatic heterocycles. The van der Waals surface area contributed by atoms with Crippen LogP contribution < -0.4 is 11.1 Å². The Morgan fingerprint density at radius 3 is 2.50 bits per heavy atom. The first kappa shape index (κ1) is 13.8. The molecule has 0 radical (unpaired) electrons. The third-order valence-electron chi connectivity index (χ3n) is 4.01. The molecule has 2 rings (SSSR count). The highest BCUT2D eigenvalue weighted by Gasteiger charge is 2.27. The van der Waals surface area contributed by atoms with E-state index in [1.165, 1.54) is 38.5 Å². The van der Waals surface area contributed by atoms with Gasteiger partial charge in [0.05, 0.1) is 6.61 Å². The van der Waals surface area contributed by atoms with E-state index in [9.17, 15) is 4.79 Å². The summed E-state index contributed by atoms with van der Waals surface area (Å²) in [6.07, 6.45) is 9.50. The van der Waals surface area contributed by atoms with Gasteiger partial charge in [-0.15, -0.1) is 0 Å². The Bertz CT molecular complexity index is 269. The van der Waals surface area contributed by atoms with E-state index >= 15 is 0 Å². The second-order valence-electron chi connectivity index (χ2n) is 6.02. The largest absolute Gasteiger partial charge is 0.370 e. The fourth-order valence-electron chi connectivity index (χ4n) is 2.56. The quantitative estimate of drug-likeness (QED) is 0.707. The van der Waals surface area contributed by atoms with Crippen LogP contribution in [0.15, 0.2) is 0 Å². The van der Waals surface area contributed by atoms with E-state index in [1.807, 2.05) is 0 Å². The third kappa shape index (κ3) is 4.94. The second kappa shape index (κ2) is 6.53. The Morgan fingerprint density at radius 1 is 1.22 bits per heavy atom. The molecule has 0 bridgehead atoms. The van der Waals surface area contributed by atoms with Crippen LogP contribution >= 0.6 is 0 Å². The summed E-state index contributed by atoms with van der Waals surface area (Å²) in [6.45, 7) is 1.49. The van der Waals surface area contributed by atoms with E-state index in [0.29, 0.717) is 6.61 Å². The zero-order chi connectivity index (χ0) is 12.8. The summed E-state index contributed by atoms with van der Waals surface area (Å²) in [5, 5.41) is 2.90. The van der Waals surface area contributed by atoms with Crippen LogP contribution in [0, 0.1) is 5.92 Å². The molecule has 2 saturated carbocycles. The molecule has 0 aromatic rings. The van der Waals surface area contributed by atoms with Crippen molar-refractivity contribution in [2.75, 3.05) is 19.8 Å². The van der Waals surface area contributed by atoms with Gasteiger partial charge in [0, 0.05) is 12.1 Å². The number of hydrogen-bond acceptors (Lipinski definition) is 3. The van der Waals surface area contributed by atoms with Crippen molar-refractivity contribution in [1.29, 1.82) is 0 Å². The van der Waals surface area contributed by atoms with Gasteiger partial charge in [-0.05, 0) is 31.6 Å². The summed E-state index contributed by atoms with van der Waals surface area (Å²) < 4.78 is 5.51. The van der Waals surface area contributed by atoms with Gasteiger partial charge in [-0.1, -0.05) is 25.7 Å². The molecule has 0 spiro atoms. The molecule has 104 valence electrons. The summed E-state index contributed by atoms with van der Waals surface area (Å²) in [7, 11) is 0. The molecule has 4 heteroatoms. The van der Waals surface area contributed by atoms with E-state index in [4.69, 9.17) is 10.5 Å². The SMILES string of the molecule is NC1(COCC(=O)NCC2CC2)CCCCCC1. The van der Waals surface area contributed by atoms with Crippen molar-refractivity contribution < 1.29 is 9.53 Å². The molecule has 1 amide bonds. The maximum atomic E-state index is 11.5. The molecule has 2 aliphatic rings. The fraction of sp³-hybridized carbons (Fsp3) is 0.929. The lowest BCUT2D eigenvalue weighted by Crippen LogP contribution is -2.45. The van der Waals surface area contributed by atoms with Gasteiger partial charge in [0.1, 0.15) is 6.61 Å². The zero-order valence-corrected chi connectivity index (χ0v) is 11.2. The van der Waals surface area contributed by atoms with Gasteiger partial charge in [0.15, 0.2) is 0 Å². The van der Waals surface area contributed by atoms with Crippen molar-refractivity contribution in [3.05, 3.63) is 0 Å². The number of carbonyl (C=O) groups is 1. The summed E-state index contributed by atoms with van der Waals surface area (Å²) in [5.74, 6) is 0.718. The number of hydrogen-bond donors (Lipinski definition) is 2. The van der Waals surface area contributed by atoms with Gasteiger partial charge in [0.2, 0.25) is 5.91 Å². The predicted octanol–water partition coefficient (Wildman–Crippen LogP) is 1.58. The Morgan fingerprint density at radius 2 is 1.89 bits per heavy atom. The van der Waals surface area contributed by atoms with Crippen LogP contribution in [-0.2, 0) is 9.53 Å². The summed E-state index contributed by atoms with van der Waals surface area (Å²) in [4.78, 5) is 11.5. The minimum atomic E-state index is -0.201. The van der Waals surface area contributed by atoms with Gasteiger partial charge < -0.3 is 15.8 Å². The number of nitrogens with two attached hydrogens (primary N) is 1. The number of nitrogens with one attached hydrogen (secondary N) is 1. The van der Waals surface area contributed by atoms with Crippen molar-refractivity contribution in [3.8, 4) is 0 Å². The van der Waals surface area contributed by atoms with Crippen molar-refractivity contribution in [2.24, 2.45) is 11.7 Å². The molecule has 4 nitrogen and oxygen atoms in total. The van der Waals surface area contributed by atoms with Crippen molar-refractivity contribution >= 4 is 5.91 Å². The lowest BCUT2D eigenvalue weighted by Gasteiger charge is -2.27. The lowest BCUT2D eigenvalue weighted by atomic mass is 9.93. The molecule has 18 heavy (non-hydrogen) atoms. The van der Waals surface area contributed by atoms with Crippen LogP contribution in [0.5, 0.6) is 0 Å². The van der Waals surface area contributed by atoms with E-state index in [-0.39, 0.29) is 18.1 Å². The average molecular weight is 254 g/mol. The summed E-state index contributed by atoms with van der Waals surface area (Å²) >= 11 is 0. The molecular weight excluding hydrogens is 228 g/mol. The van der Waals surface area contributed by atoms with Crippen molar-refractivity contribution in [2.45, 2.75) is 56.9 Å². The molecule has 0 saturated heterocycles. The van der Waals surface area contributed by atoms with E-state index in [1.54, 1.807) is 0 Å². The van der Waals surface area contributed by atoms with Crippen LogP contribution in [0.3, 0.4) is 0 Å². The minimum absolute atomic E-state index is 0.000813. The van der Waals surface area contributed by atoms with Gasteiger partial charge in [-0.2, -0.15) is 0 Å². The molecule has 0 heterocycles. The van der Waals surface area contributed by atoms with Crippen molar-refractivity contribution in [3.63, 3.8) is 0 Å². The summed E-state index contributed by atoms with van der Waals surface area (Å²) in [6, 6.07) is 0. The van der Waals surface area contributed by atoms with Gasteiger partial charge in [-0.3, -0.25) is 4.79 Å². The Kier molecular flexibility index (Phi) is 5.01. The highest BCUT2D eigenvalue weighted by atomic mass is 16.5. The fourth-order valence-corrected chi connectivity index (χ4v) is 2.56. The van der Waals surface area contributed by atoms with Crippen LogP contribution in [0.4, 0.5) is 0 Å². The Labute approximate surface area is 110 Å². The predicted molar refractivity (Wildman–Crippen MR) is 71.2 cm³/mol. The molecule has 0 aliphatic heterocycles. The maximum Gasteiger partial charge on any atom is 0.246 e. The van der Waals surface area contributed by atoms with E-state index in [0.717, 1.165) is 25.3 Å². The van der Waals surface area contributed by atoms with E-state index in [2.05, 4.69) is 5.32 Å². The molecule has 2 fully saturated rings. The first-order valence-electron chi connectivity index (χ1n) is 7.31. The molecular formula is C14H26N2O2. The normalized spacial score (nSPS) is 23.4. The van der Waals surface area contributed by atoms with Crippen LogP contribution in [0.2, 0.25) is 0 Å². The van der Waals surface area contributed by atoms with E-state index < -0.39 is 0 Å². The smallest absolute Gasteiger partial charge is 0.246 e. The molecule has 3 N–H and O–H groups in total. The molecule has 0 atom stereocenters. The second-order valence-corrected chi connectivity index (χ2v) is 6.02. The first-order valence-corrected chi connectivity index (χ1v) is 7.31. The molecule has 0 unspecified atom stereocenters. The van der Waals surface area contributed by atoms with Crippen LogP contribution in [0.1, 0.15) is 51.4 Å². The Hall–Kier alpha value is -0.610. The van der Waals surface area contributed by atoms with Crippen molar-refractivity contribution in [1.82, 2.24) is 5.32 Å². The number of carbonyl (C=O) groups excluding carboxylic acids is 1. The van der Waals surface area contributed by atoms with Gasteiger partial charge >= 0.3 is 0 Å². The maximum absolute atomic E-state index is 11.5. The standard InChI is InChI=1S/C14H26N2O2/c15-14(7-3-1-2-4-8-14)11-18-10-13(17)16-9-12-5-6-12/h12H,1-11,15H2,(H,16,17). The minimum Gasteiger partial charge on any atom is -0.370 e. The lowest BCUT2D eigenvalue weighted by molar-refractivity contribution is -0.126. The topological polar surface area (TPSA) is 64.3 Å². The van der Waals surface area contributed by atoms with Gasteiger partial charge in [-0.25, -0.2) is 0 Å². The average Bonchev–Trinajstić information content (AvgIpc) is 3.15. The number of amides is 1. The number of rotatable bonds is 6. The summed E-state index contributed by atoms with van der Waals surface area (Å²) in [5.41, 5.74) is 6.12. The number of ether oxygens (including phenoxy) is 1. The van der Waals surface area contributed by atoms with Crippen LogP contribution in [-0.4, -0.2) is 31.2 Å². The molecule has 2 aliphatic carbocycles. The first-order chi connectivity index (χ1) is 8.68. The zero-order valence-electron chi connectivity index (χ0n) is 11.2. The van der Waals surface area contributed by atoms with Crippen LogP contribution in [0.25, 0.3) is 0 Å². The third-order valence-corrected chi connectivity index (χ3v) is 4.01. The molecule has 0 aromatic carbocycles. The highest BCUT2D eigenvalue weighted by molar-refractivity contribution is 5.77.